The SMILES string of the molecule is CC(C)[C@@H](N)C(=O)Nc1ccc(OCc2ccccc2)cc1.Cl. The molecule has 2 aromatic carbocycles. The molecular formula is C18H23ClN2O2. The molecule has 0 radical (unpaired) electrons. The molecule has 2 aromatic rings. The minimum atomic E-state index is -0.506. The monoisotopic (exact) mass is 334 g/mol. The van der Waals surface area contributed by atoms with Crippen molar-refractivity contribution in [3.63, 3.8) is 0 Å². The maximum atomic E-state index is 11.9. The van der Waals surface area contributed by atoms with Crippen molar-refractivity contribution in [2.75, 3.05) is 5.32 Å². The first-order chi connectivity index (χ1) is 10.6. The molecule has 0 saturated carbocycles. The number of anilines is 1. The summed E-state index contributed by atoms with van der Waals surface area (Å²) in [6.45, 7) is 4.36. The lowest BCUT2D eigenvalue weighted by atomic mass is 10.1. The summed E-state index contributed by atoms with van der Waals surface area (Å²) < 4.78 is 5.70. The van der Waals surface area contributed by atoms with Gasteiger partial charge in [-0.05, 0) is 35.7 Å². The molecule has 1 amide bonds. The Kier molecular flexibility index (Phi) is 7.59. The summed E-state index contributed by atoms with van der Waals surface area (Å²) in [5.41, 5.74) is 7.64. The van der Waals surface area contributed by atoms with Gasteiger partial charge in [0.25, 0.3) is 0 Å². The Bertz CT molecular complexity index is 600. The average molecular weight is 335 g/mol. The third-order valence-electron chi connectivity index (χ3n) is 3.39. The highest BCUT2D eigenvalue weighted by Crippen LogP contribution is 2.17. The fraction of sp³-hybridized carbons (Fsp3) is 0.278. The molecule has 0 fully saturated rings. The van der Waals surface area contributed by atoms with Crippen LogP contribution in [0.5, 0.6) is 5.75 Å². The Balaban J connectivity index is 0.00000264. The van der Waals surface area contributed by atoms with Crippen LogP contribution < -0.4 is 15.8 Å². The van der Waals surface area contributed by atoms with E-state index in [0.717, 1.165) is 11.3 Å². The summed E-state index contributed by atoms with van der Waals surface area (Å²) in [7, 11) is 0. The van der Waals surface area contributed by atoms with Crippen molar-refractivity contribution >= 4 is 24.0 Å². The van der Waals surface area contributed by atoms with Crippen LogP contribution in [0.15, 0.2) is 54.6 Å². The molecule has 0 aliphatic rings. The van der Waals surface area contributed by atoms with Crippen molar-refractivity contribution in [2.45, 2.75) is 26.5 Å². The van der Waals surface area contributed by atoms with E-state index in [0.29, 0.717) is 12.3 Å². The third kappa shape index (κ3) is 5.93. The third-order valence-corrected chi connectivity index (χ3v) is 3.39. The number of halogens is 1. The predicted molar refractivity (Wildman–Crippen MR) is 95.9 cm³/mol. The van der Waals surface area contributed by atoms with Gasteiger partial charge in [-0.25, -0.2) is 0 Å². The van der Waals surface area contributed by atoms with Crippen molar-refractivity contribution in [1.29, 1.82) is 0 Å². The van der Waals surface area contributed by atoms with Gasteiger partial charge in [0, 0.05) is 5.69 Å². The van der Waals surface area contributed by atoms with Crippen LogP contribution in [0.3, 0.4) is 0 Å². The number of hydrogen-bond acceptors (Lipinski definition) is 3. The summed E-state index contributed by atoms with van der Waals surface area (Å²) in [5.74, 6) is 0.691. The first-order valence-corrected chi connectivity index (χ1v) is 7.39. The number of rotatable bonds is 6. The van der Waals surface area contributed by atoms with Crippen molar-refractivity contribution in [3.05, 3.63) is 60.2 Å². The van der Waals surface area contributed by atoms with E-state index in [1.807, 2.05) is 68.4 Å². The summed E-state index contributed by atoms with van der Waals surface area (Å²) in [4.78, 5) is 11.9. The standard InChI is InChI=1S/C18H22N2O2.ClH/c1-13(2)17(19)18(21)20-15-8-10-16(11-9-15)22-12-14-6-4-3-5-7-14;/h3-11,13,17H,12,19H2,1-2H3,(H,20,21);1H/t17-;/m1./s1. The van der Waals surface area contributed by atoms with Crippen LogP contribution in [-0.4, -0.2) is 11.9 Å². The van der Waals surface area contributed by atoms with Crippen LogP contribution in [-0.2, 0) is 11.4 Å². The molecule has 23 heavy (non-hydrogen) atoms. The summed E-state index contributed by atoms with van der Waals surface area (Å²) in [6.07, 6.45) is 0. The van der Waals surface area contributed by atoms with E-state index in [1.165, 1.54) is 0 Å². The lowest BCUT2D eigenvalue weighted by molar-refractivity contribution is -0.118. The fourth-order valence-corrected chi connectivity index (χ4v) is 1.90. The van der Waals surface area contributed by atoms with Crippen molar-refractivity contribution in [3.8, 4) is 5.75 Å². The van der Waals surface area contributed by atoms with Gasteiger partial charge in [-0.2, -0.15) is 0 Å². The molecule has 0 aliphatic heterocycles. The molecule has 0 heterocycles. The van der Waals surface area contributed by atoms with Gasteiger partial charge in [0.2, 0.25) is 5.91 Å². The highest BCUT2D eigenvalue weighted by Gasteiger charge is 2.16. The highest BCUT2D eigenvalue weighted by molar-refractivity contribution is 5.94. The summed E-state index contributed by atoms with van der Waals surface area (Å²) >= 11 is 0. The molecule has 0 spiro atoms. The second-order valence-corrected chi connectivity index (χ2v) is 5.56. The van der Waals surface area contributed by atoms with E-state index in [4.69, 9.17) is 10.5 Å². The molecule has 0 saturated heterocycles. The number of ether oxygens (including phenoxy) is 1. The Morgan fingerprint density at radius 3 is 2.26 bits per heavy atom. The molecule has 5 heteroatoms. The van der Waals surface area contributed by atoms with Gasteiger partial charge in [-0.15, -0.1) is 12.4 Å². The topological polar surface area (TPSA) is 64.4 Å². The number of nitrogens with one attached hydrogen (secondary N) is 1. The van der Waals surface area contributed by atoms with Crippen LogP contribution in [0.4, 0.5) is 5.69 Å². The lowest BCUT2D eigenvalue weighted by Crippen LogP contribution is -2.39. The van der Waals surface area contributed by atoms with Crippen LogP contribution in [0.25, 0.3) is 0 Å². The number of nitrogens with two attached hydrogens (primary N) is 1. The number of benzene rings is 2. The number of amides is 1. The van der Waals surface area contributed by atoms with E-state index in [9.17, 15) is 4.79 Å². The minimum absolute atomic E-state index is 0. The van der Waals surface area contributed by atoms with E-state index < -0.39 is 6.04 Å². The molecule has 2 rings (SSSR count). The number of hydrogen-bond donors (Lipinski definition) is 2. The van der Waals surface area contributed by atoms with E-state index in [1.54, 1.807) is 0 Å². The Morgan fingerprint density at radius 2 is 1.70 bits per heavy atom. The van der Waals surface area contributed by atoms with E-state index in [-0.39, 0.29) is 24.2 Å². The largest absolute Gasteiger partial charge is 0.489 e. The van der Waals surface area contributed by atoms with Gasteiger partial charge in [0.05, 0.1) is 6.04 Å². The zero-order chi connectivity index (χ0) is 15.9. The van der Waals surface area contributed by atoms with Crippen LogP contribution in [0.1, 0.15) is 19.4 Å². The number of carbonyl (C=O) groups is 1. The first-order valence-electron chi connectivity index (χ1n) is 7.39. The maximum absolute atomic E-state index is 11.9. The molecule has 0 bridgehead atoms. The van der Waals surface area contributed by atoms with Gasteiger partial charge in [0.15, 0.2) is 0 Å². The van der Waals surface area contributed by atoms with Crippen molar-refractivity contribution < 1.29 is 9.53 Å². The van der Waals surface area contributed by atoms with E-state index in [2.05, 4.69) is 5.32 Å². The van der Waals surface area contributed by atoms with Gasteiger partial charge in [-0.1, -0.05) is 44.2 Å². The number of carbonyl (C=O) groups excluding carboxylic acids is 1. The van der Waals surface area contributed by atoms with Gasteiger partial charge in [-0.3, -0.25) is 4.79 Å². The predicted octanol–water partition coefficient (Wildman–Crippen LogP) is 3.61. The molecule has 3 N–H and O–H groups in total. The highest BCUT2D eigenvalue weighted by atomic mass is 35.5. The first kappa shape index (κ1) is 19.0. The van der Waals surface area contributed by atoms with E-state index >= 15 is 0 Å². The normalized spacial score (nSPS) is 11.5. The fourth-order valence-electron chi connectivity index (χ4n) is 1.90. The quantitative estimate of drug-likeness (QED) is 0.848. The minimum Gasteiger partial charge on any atom is -0.489 e. The average Bonchev–Trinajstić information content (AvgIpc) is 2.54. The van der Waals surface area contributed by atoms with Gasteiger partial charge >= 0.3 is 0 Å². The zero-order valence-corrected chi connectivity index (χ0v) is 14.2. The zero-order valence-electron chi connectivity index (χ0n) is 13.4. The summed E-state index contributed by atoms with van der Waals surface area (Å²) in [6, 6.07) is 16.8. The van der Waals surface area contributed by atoms with Crippen molar-refractivity contribution in [1.82, 2.24) is 0 Å². The molecule has 0 unspecified atom stereocenters. The second-order valence-electron chi connectivity index (χ2n) is 5.56. The Hall–Kier alpha value is -2.04. The van der Waals surface area contributed by atoms with Gasteiger partial charge in [0.1, 0.15) is 12.4 Å². The van der Waals surface area contributed by atoms with Crippen LogP contribution >= 0.6 is 12.4 Å². The molecule has 4 nitrogen and oxygen atoms in total. The van der Waals surface area contributed by atoms with Crippen LogP contribution in [0, 0.1) is 5.92 Å². The summed E-state index contributed by atoms with van der Waals surface area (Å²) in [5, 5.41) is 2.80. The molecule has 0 aromatic heterocycles. The molecule has 1 atom stereocenters. The Labute approximate surface area is 143 Å². The maximum Gasteiger partial charge on any atom is 0.241 e. The molecular weight excluding hydrogens is 312 g/mol. The molecule has 124 valence electrons. The van der Waals surface area contributed by atoms with Crippen LogP contribution in [0.2, 0.25) is 0 Å². The second kappa shape index (κ2) is 9.18. The van der Waals surface area contributed by atoms with Gasteiger partial charge < -0.3 is 15.8 Å². The molecule has 0 aliphatic carbocycles. The smallest absolute Gasteiger partial charge is 0.241 e. The Morgan fingerprint density at radius 1 is 1.09 bits per heavy atom. The lowest BCUT2D eigenvalue weighted by Gasteiger charge is -2.15. The van der Waals surface area contributed by atoms with Crippen molar-refractivity contribution in [2.24, 2.45) is 11.7 Å².